The standard InChI is InChI=1S/C17H22N8.HI/c1-18-17(20-10-16-21-12-22-25(16)3)24(2)11-15-19-9-14(23-15)13-7-5-4-6-8-13;/h4-9,12H,10-11H2,1-3H3,(H,18,20)(H,19,23);1H. The molecule has 0 bridgehead atoms. The molecular formula is C17H23IN8. The fourth-order valence-electron chi connectivity index (χ4n) is 2.53. The fourth-order valence-corrected chi connectivity index (χ4v) is 2.53. The van der Waals surface area contributed by atoms with Crippen molar-refractivity contribution in [1.29, 1.82) is 0 Å². The van der Waals surface area contributed by atoms with Crippen LogP contribution in [-0.2, 0) is 20.1 Å². The van der Waals surface area contributed by atoms with Gasteiger partial charge in [0, 0.05) is 21.1 Å². The van der Waals surface area contributed by atoms with Gasteiger partial charge in [-0.1, -0.05) is 30.3 Å². The van der Waals surface area contributed by atoms with Gasteiger partial charge in [0.15, 0.2) is 5.96 Å². The monoisotopic (exact) mass is 466 g/mol. The number of guanidine groups is 1. The van der Waals surface area contributed by atoms with Gasteiger partial charge < -0.3 is 15.2 Å². The number of hydrogen-bond acceptors (Lipinski definition) is 4. The van der Waals surface area contributed by atoms with Gasteiger partial charge in [-0.2, -0.15) is 5.10 Å². The minimum atomic E-state index is 0. The Bertz CT molecular complexity index is 839. The Balaban J connectivity index is 0.00000243. The van der Waals surface area contributed by atoms with Crippen LogP contribution in [0, 0.1) is 0 Å². The molecule has 0 amide bonds. The Hall–Kier alpha value is -2.43. The lowest BCUT2D eigenvalue weighted by Gasteiger charge is -2.20. The molecule has 0 fully saturated rings. The van der Waals surface area contributed by atoms with Crippen molar-refractivity contribution in [2.24, 2.45) is 12.0 Å². The van der Waals surface area contributed by atoms with E-state index in [4.69, 9.17) is 0 Å². The van der Waals surface area contributed by atoms with E-state index in [1.54, 1.807) is 11.7 Å². The summed E-state index contributed by atoms with van der Waals surface area (Å²) in [6.07, 6.45) is 3.39. The minimum Gasteiger partial charge on any atom is -0.349 e. The van der Waals surface area contributed by atoms with E-state index in [9.17, 15) is 0 Å². The summed E-state index contributed by atoms with van der Waals surface area (Å²) in [5.74, 6) is 2.49. The molecule has 2 N–H and O–H groups in total. The Morgan fingerprint density at radius 1 is 1.27 bits per heavy atom. The number of aromatic amines is 1. The zero-order valence-electron chi connectivity index (χ0n) is 15.0. The second-order valence-electron chi connectivity index (χ2n) is 5.67. The second-order valence-corrected chi connectivity index (χ2v) is 5.67. The lowest BCUT2D eigenvalue weighted by molar-refractivity contribution is 0.461. The summed E-state index contributed by atoms with van der Waals surface area (Å²) < 4.78 is 1.74. The van der Waals surface area contributed by atoms with Crippen molar-refractivity contribution in [1.82, 2.24) is 34.9 Å². The minimum absolute atomic E-state index is 0. The first-order valence-corrected chi connectivity index (χ1v) is 8.01. The van der Waals surface area contributed by atoms with Crippen molar-refractivity contribution in [3.8, 4) is 11.3 Å². The van der Waals surface area contributed by atoms with E-state index in [0.29, 0.717) is 13.1 Å². The van der Waals surface area contributed by atoms with Crippen LogP contribution in [0.2, 0.25) is 0 Å². The maximum atomic E-state index is 4.47. The first-order chi connectivity index (χ1) is 12.2. The van der Waals surface area contributed by atoms with Crippen LogP contribution in [0.15, 0.2) is 47.8 Å². The first kappa shape index (κ1) is 19.9. The summed E-state index contributed by atoms with van der Waals surface area (Å²) in [4.78, 5) is 18.3. The lowest BCUT2D eigenvalue weighted by Crippen LogP contribution is -2.38. The molecule has 0 unspecified atom stereocenters. The first-order valence-electron chi connectivity index (χ1n) is 8.01. The Morgan fingerprint density at radius 2 is 2.04 bits per heavy atom. The van der Waals surface area contributed by atoms with Crippen molar-refractivity contribution in [3.05, 3.63) is 54.5 Å². The maximum Gasteiger partial charge on any atom is 0.194 e. The maximum absolute atomic E-state index is 4.47. The van der Waals surface area contributed by atoms with Crippen LogP contribution in [0.1, 0.15) is 11.6 Å². The van der Waals surface area contributed by atoms with Crippen LogP contribution in [0.3, 0.4) is 0 Å². The molecule has 2 aromatic heterocycles. The molecule has 0 saturated heterocycles. The molecule has 3 rings (SSSR count). The van der Waals surface area contributed by atoms with Gasteiger partial charge in [0.05, 0.1) is 25.0 Å². The predicted molar refractivity (Wildman–Crippen MR) is 112 cm³/mol. The molecule has 9 heteroatoms. The van der Waals surface area contributed by atoms with Gasteiger partial charge >= 0.3 is 0 Å². The van der Waals surface area contributed by atoms with Crippen molar-refractivity contribution in [3.63, 3.8) is 0 Å². The normalized spacial score (nSPS) is 11.1. The number of rotatable bonds is 5. The molecule has 0 aliphatic carbocycles. The van der Waals surface area contributed by atoms with Gasteiger partial charge in [0.2, 0.25) is 0 Å². The van der Waals surface area contributed by atoms with E-state index in [1.807, 2.05) is 43.4 Å². The topological polar surface area (TPSA) is 87.0 Å². The molecule has 138 valence electrons. The third-order valence-electron chi connectivity index (χ3n) is 3.88. The number of benzene rings is 1. The van der Waals surface area contributed by atoms with Crippen LogP contribution in [0.25, 0.3) is 11.3 Å². The number of nitrogens with one attached hydrogen (secondary N) is 2. The molecule has 0 spiro atoms. The number of nitrogens with zero attached hydrogens (tertiary/aromatic N) is 6. The molecule has 1 aromatic carbocycles. The third-order valence-corrected chi connectivity index (χ3v) is 3.88. The predicted octanol–water partition coefficient (Wildman–Crippen LogP) is 2.03. The fraction of sp³-hybridized carbons (Fsp3) is 0.294. The number of aromatic nitrogens is 5. The van der Waals surface area contributed by atoms with Crippen molar-refractivity contribution in [2.75, 3.05) is 14.1 Å². The third kappa shape index (κ3) is 4.81. The van der Waals surface area contributed by atoms with Crippen LogP contribution in [0.4, 0.5) is 0 Å². The SMILES string of the molecule is CN=C(NCc1ncnn1C)N(C)Cc1ncc(-c2ccccc2)[nH]1.I. The zero-order chi connectivity index (χ0) is 17.6. The van der Waals surface area contributed by atoms with Crippen molar-refractivity contribution >= 4 is 29.9 Å². The van der Waals surface area contributed by atoms with Crippen LogP contribution < -0.4 is 5.32 Å². The summed E-state index contributed by atoms with van der Waals surface area (Å²) in [5.41, 5.74) is 2.12. The Kier molecular flexibility index (Phi) is 7.13. The highest BCUT2D eigenvalue weighted by Crippen LogP contribution is 2.16. The Morgan fingerprint density at radius 3 is 2.69 bits per heavy atom. The summed E-state index contributed by atoms with van der Waals surface area (Å²) in [7, 11) is 5.59. The van der Waals surface area contributed by atoms with E-state index >= 15 is 0 Å². The molecule has 0 aliphatic rings. The number of aryl methyl sites for hydroxylation is 1. The highest BCUT2D eigenvalue weighted by Gasteiger charge is 2.11. The molecule has 0 radical (unpaired) electrons. The summed E-state index contributed by atoms with van der Waals surface area (Å²) in [6.45, 7) is 1.17. The van der Waals surface area contributed by atoms with Gasteiger partial charge in [0.25, 0.3) is 0 Å². The van der Waals surface area contributed by atoms with Crippen LogP contribution in [0.5, 0.6) is 0 Å². The van der Waals surface area contributed by atoms with Crippen molar-refractivity contribution in [2.45, 2.75) is 13.1 Å². The second kappa shape index (κ2) is 9.32. The summed E-state index contributed by atoms with van der Waals surface area (Å²) >= 11 is 0. The molecule has 3 aromatic rings. The molecule has 0 atom stereocenters. The number of H-pyrrole nitrogens is 1. The van der Waals surface area contributed by atoms with E-state index in [0.717, 1.165) is 28.9 Å². The molecular weight excluding hydrogens is 443 g/mol. The van der Waals surface area contributed by atoms with Crippen molar-refractivity contribution < 1.29 is 0 Å². The van der Waals surface area contributed by atoms with Gasteiger partial charge in [-0.05, 0) is 5.56 Å². The average Bonchev–Trinajstić information content (AvgIpc) is 3.25. The van der Waals surface area contributed by atoms with Crippen LogP contribution >= 0.6 is 24.0 Å². The van der Waals surface area contributed by atoms with Gasteiger partial charge in [-0.25, -0.2) is 9.97 Å². The van der Waals surface area contributed by atoms with Gasteiger partial charge in [0.1, 0.15) is 18.0 Å². The van der Waals surface area contributed by atoms with Gasteiger partial charge in [-0.3, -0.25) is 9.67 Å². The number of hydrogen-bond donors (Lipinski definition) is 2. The quantitative estimate of drug-likeness (QED) is 0.342. The number of halogens is 1. The average molecular weight is 466 g/mol. The zero-order valence-corrected chi connectivity index (χ0v) is 17.4. The number of aliphatic imine (C=N–C) groups is 1. The van der Waals surface area contributed by atoms with Crippen LogP contribution in [-0.4, -0.2) is 49.7 Å². The highest BCUT2D eigenvalue weighted by atomic mass is 127. The van der Waals surface area contributed by atoms with Gasteiger partial charge in [-0.15, -0.1) is 24.0 Å². The molecule has 2 heterocycles. The molecule has 0 saturated carbocycles. The molecule has 8 nitrogen and oxygen atoms in total. The summed E-state index contributed by atoms with van der Waals surface area (Å²) in [6, 6.07) is 10.1. The number of imidazole rings is 1. The molecule has 26 heavy (non-hydrogen) atoms. The van der Waals surface area contributed by atoms with E-state index in [1.165, 1.54) is 6.33 Å². The molecule has 0 aliphatic heterocycles. The Labute approximate surface area is 169 Å². The smallest absolute Gasteiger partial charge is 0.194 e. The summed E-state index contributed by atoms with van der Waals surface area (Å²) in [5, 5.41) is 7.34. The van der Waals surface area contributed by atoms with E-state index in [-0.39, 0.29) is 24.0 Å². The largest absolute Gasteiger partial charge is 0.349 e. The highest BCUT2D eigenvalue weighted by molar-refractivity contribution is 14.0. The lowest BCUT2D eigenvalue weighted by atomic mass is 10.2. The van der Waals surface area contributed by atoms with E-state index in [2.05, 4.69) is 42.5 Å². The van der Waals surface area contributed by atoms with E-state index < -0.39 is 0 Å².